The summed E-state index contributed by atoms with van der Waals surface area (Å²) >= 11 is 0. The van der Waals surface area contributed by atoms with Crippen molar-refractivity contribution >= 4 is 0 Å². The van der Waals surface area contributed by atoms with Gasteiger partial charge < -0.3 is 16.2 Å². The van der Waals surface area contributed by atoms with Gasteiger partial charge in [0.15, 0.2) is 0 Å². The van der Waals surface area contributed by atoms with Gasteiger partial charge in [0, 0.05) is 23.9 Å². The predicted octanol–water partition coefficient (Wildman–Crippen LogP) is 7.60. The molecule has 0 amide bonds. The highest BCUT2D eigenvalue weighted by molar-refractivity contribution is 5.45. The van der Waals surface area contributed by atoms with Gasteiger partial charge in [-0.3, -0.25) is 0 Å². The first kappa shape index (κ1) is 27.4. The summed E-state index contributed by atoms with van der Waals surface area (Å²) in [6.45, 7) is 0. The number of ether oxygens (including phenoxy) is 1. The summed E-state index contributed by atoms with van der Waals surface area (Å²) in [5.74, 6) is 1.10. The van der Waals surface area contributed by atoms with Crippen LogP contribution in [0.2, 0.25) is 0 Å². The third kappa shape index (κ3) is 6.63. The SMILES string of the molecule is COc1ccc([C](CCC(N)c2ccccc2)C(c2cccc(C(F)(F)F)c2)C(N)c2ccccc2)cc1. The zero-order valence-electron chi connectivity index (χ0n) is 21.2. The topological polar surface area (TPSA) is 61.3 Å². The van der Waals surface area contributed by atoms with E-state index in [1.54, 1.807) is 13.2 Å². The number of benzene rings is 4. The molecular weight excluding hydrogens is 485 g/mol. The van der Waals surface area contributed by atoms with Gasteiger partial charge in [0.1, 0.15) is 5.75 Å². The average molecular weight is 518 g/mol. The van der Waals surface area contributed by atoms with Gasteiger partial charge in [0.25, 0.3) is 0 Å². The molecule has 6 heteroatoms. The highest BCUT2D eigenvalue weighted by atomic mass is 19.4. The highest BCUT2D eigenvalue weighted by Crippen LogP contribution is 2.45. The van der Waals surface area contributed by atoms with Gasteiger partial charge in [-0.1, -0.05) is 91.0 Å². The molecule has 197 valence electrons. The molecule has 0 aromatic heterocycles. The molecule has 3 unspecified atom stereocenters. The van der Waals surface area contributed by atoms with Crippen LogP contribution in [0.3, 0.4) is 0 Å². The van der Waals surface area contributed by atoms with Crippen molar-refractivity contribution in [3.05, 3.63) is 143 Å². The first-order valence-corrected chi connectivity index (χ1v) is 12.6. The predicted molar refractivity (Wildman–Crippen MR) is 145 cm³/mol. The van der Waals surface area contributed by atoms with E-state index in [0.717, 1.165) is 28.7 Å². The molecule has 4 aromatic carbocycles. The monoisotopic (exact) mass is 517 g/mol. The Bertz CT molecular complexity index is 1280. The second-order valence-corrected chi connectivity index (χ2v) is 9.35. The molecule has 0 saturated carbocycles. The first-order chi connectivity index (χ1) is 18.3. The van der Waals surface area contributed by atoms with Crippen molar-refractivity contribution in [3.63, 3.8) is 0 Å². The lowest BCUT2D eigenvalue weighted by molar-refractivity contribution is -0.137. The summed E-state index contributed by atoms with van der Waals surface area (Å²) < 4.78 is 46.5. The molecule has 0 aliphatic carbocycles. The largest absolute Gasteiger partial charge is 0.497 e. The van der Waals surface area contributed by atoms with Gasteiger partial charge >= 0.3 is 6.18 Å². The Kier molecular flexibility index (Phi) is 8.87. The fourth-order valence-electron chi connectivity index (χ4n) is 4.86. The molecule has 4 aromatic rings. The van der Waals surface area contributed by atoms with Crippen molar-refractivity contribution in [2.75, 3.05) is 7.11 Å². The summed E-state index contributed by atoms with van der Waals surface area (Å²) in [4.78, 5) is 0. The van der Waals surface area contributed by atoms with E-state index in [9.17, 15) is 13.2 Å². The second kappa shape index (κ2) is 12.3. The van der Waals surface area contributed by atoms with Gasteiger partial charge in [-0.15, -0.1) is 0 Å². The number of halogens is 3. The van der Waals surface area contributed by atoms with Crippen molar-refractivity contribution in [1.29, 1.82) is 0 Å². The summed E-state index contributed by atoms with van der Waals surface area (Å²) in [5.41, 5.74) is 16.0. The Morgan fingerprint density at radius 1 is 0.737 bits per heavy atom. The molecule has 0 aliphatic heterocycles. The van der Waals surface area contributed by atoms with Crippen LogP contribution in [-0.2, 0) is 6.18 Å². The minimum Gasteiger partial charge on any atom is -0.497 e. The van der Waals surface area contributed by atoms with Crippen LogP contribution in [0.4, 0.5) is 13.2 Å². The fraction of sp³-hybridized carbons (Fsp3) is 0.219. The Balaban J connectivity index is 1.79. The van der Waals surface area contributed by atoms with E-state index in [1.807, 2.05) is 84.9 Å². The molecule has 0 spiro atoms. The van der Waals surface area contributed by atoms with E-state index in [1.165, 1.54) is 12.1 Å². The third-order valence-electron chi connectivity index (χ3n) is 6.91. The lowest BCUT2D eigenvalue weighted by Crippen LogP contribution is -2.27. The van der Waals surface area contributed by atoms with Crippen molar-refractivity contribution in [1.82, 2.24) is 0 Å². The maximum absolute atomic E-state index is 13.7. The van der Waals surface area contributed by atoms with E-state index >= 15 is 0 Å². The third-order valence-corrected chi connectivity index (χ3v) is 6.91. The molecule has 3 nitrogen and oxygen atoms in total. The average Bonchev–Trinajstić information content (AvgIpc) is 2.95. The van der Waals surface area contributed by atoms with Crippen molar-refractivity contribution in [2.45, 2.75) is 37.0 Å². The van der Waals surface area contributed by atoms with Crippen LogP contribution < -0.4 is 16.2 Å². The smallest absolute Gasteiger partial charge is 0.416 e. The zero-order valence-corrected chi connectivity index (χ0v) is 21.2. The highest BCUT2D eigenvalue weighted by Gasteiger charge is 2.35. The fourth-order valence-corrected chi connectivity index (χ4v) is 4.86. The van der Waals surface area contributed by atoms with Crippen molar-refractivity contribution in [3.8, 4) is 5.75 Å². The molecule has 0 bridgehead atoms. The van der Waals surface area contributed by atoms with Crippen LogP contribution >= 0.6 is 0 Å². The quantitative estimate of drug-likeness (QED) is 0.228. The molecule has 0 fully saturated rings. The minimum absolute atomic E-state index is 0.237. The molecule has 0 aliphatic rings. The van der Waals surface area contributed by atoms with E-state index in [-0.39, 0.29) is 6.04 Å². The summed E-state index contributed by atoms with van der Waals surface area (Å²) in [6, 6.07) is 31.5. The number of hydrogen-bond donors (Lipinski definition) is 2. The molecule has 4 N–H and O–H groups in total. The summed E-state index contributed by atoms with van der Waals surface area (Å²) in [5, 5.41) is 0. The molecule has 0 heterocycles. The van der Waals surface area contributed by atoms with Crippen molar-refractivity contribution < 1.29 is 17.9 Å². The van der Waals surface area contributed by atoms with E-state index < -0.39 is 23.7 Å². The van der Waals surface area contributed by atoms with Crippen LogP contribution in [0.25, 0.3) is 0 Å². The van der Waals surface area contributed by atoms with E-state index in [4.69, 9.17) is 16.2 Å². The lowest BCUT2D eigenvalue weighted by atomic mass is 9.72. The maximum atomic E-state index is 13.7. The van der Waals surface area contributed by atoms with Crippen LogP contribution in [0.5, 0.6) is 5.75 Å². The Hall–Kier alpha value is -3.61. The Morgan fingerprint density at radius 3 is 1.89 bits per heavy atom. The van der Waals surface area contributed by atoms with Gasteiger partial charge in [0.05, 0.1) is 12.7 Å². The molecule has 1 radical (unpaired) electrons. The molecular formula is C32H32F3N2O. The van der Waals surface area contributed by atoms with Crippen molar-refractivity contribution in [2.24, 2.45) is 11.5 Å². The van der Waals surface area contributed by atoms with Gasteiger partial charge in [-0.05, 0) is 53.3 Å². The Labute approximate surface area is 222 Å². The zero-order chi connectivity index (χ0) is 27.1. The van der Waals surface area contributed by atoms with Crippen LogP contribution in [0.1, 0.15) is 58.7 Å². The van der Waals surface area contributed by atoms with Crippen LogP contribution in [0.15, 0.2) is 109 Å². The second-order valence-electron chi connectivity index (χ2n) is 9.35. The number of rotatable bonds is 10. The normalized spacial score (nSPS) is 14.2. The maximum Gasteiger partial charge on any atom is 0.416 e. The summed E-state index contributed by atoms with van der Waals surface area (Å²) in [7, 11) is 1.59. The summed E-state index contributed by atoms with van der Waals surface area (Å²) in [6.07, 6.45) is -3.32. The lowest BCUT2D eigenvalue weighted by Gasteiger charge is -2.34. The Morgan fingerprint density at radius 2 is 1.32 bits per heavy atom. The minimum atomic E-state index is -4.46. The van der Waals surface area contributed by atoms with Gasteiger partial charge in [-0.2, -0.15) is 13.2 Å². The van der Waals surface area contributed by atoms with Gasteiger partial charge in [-0.25, -0.2) is 0 Å². The number of alkyl halides is 3. The van der Waals surface area contributed by atoms with Crippen LogP contribution in [0, 0.1) is 5.92 Å². The first-order valence-electron chi connectivity index (χ1n) is 12.6. The van der Waals surface area contributed by atoms with E-state index in [2.05, 4.69) is 0 Å². The van der Waals surface area contributed by atoms with Gasteiger partial charge in [0.2, 0.25) is 0 Å². The molecule has 0 saturated heterocycles. The molecule has 38 heavy (non-hydrogen) atoms. The number of methoxy groups -OCH3 is 1. The molecule has 4 rings (SSSR count). The van der Waals surface area contributed by atoms with Crippen LogP contribution in [-0.4, -0.2) is 7.11 Å². The molecule has 3 atom stereocenters. The van der Waals surface area contributed by atoms with E-state index in [0.29, 0.717) is 24.2 Å². The number of nitrogens with two attached hydrogens (primary N) is 2. The number of hydrogen-bond acceptors (Lipinski definition) is 3. The standard InChI is InChI=1S/C32H32F3N2O/c1-38-27-17-15-22(16-18-27)28(19-20-29(36)23-9-4-2-5-10-23)30(31(37)24-11-6-3-7-12-24)25-13-8-14-26(21-25)32(33,34)35/h2-18,21,29-31H,19-20,36-37H2,1H3.